The van der Waals surface area contributed by atoms with Crippen LogP contribution in [0.4, 0.5) is 5.69 Å². The minimum Gasteiger partial charge on any atom is -0.461 e. The molecule has 1 saturated heterocycles. The van der Waals surface area contributed by atoms with Crippen molar-refractivity contribution in [2.75, 3.05) is 24.6 Å². The van der Waals surface area contributed by atoms with Crippen LogP contribution in [0.1, 0.15) is 68.6 Å². The van der Waals surface area contributed by atoms with Crippen LogP contribution in [0.25, 0.3) is 11.4 Å². The molecule has 3 aromatic heterocycles. The monoisotopic (exact) mass is 566 g/mol. The van der Waals surface area contributed by atoms with Crippen LogP contribution in [0.5, 0.6) is 6.01 Å². The lowest BCUT2D eigenvalue weighted by atomic mass is 9.85. The predicted octanol–water partition coefficient (Wildman–Crippen LogP) is 4.46. The fourth-order valence-corrected chi connectivity index (χ4v) is 5.36. The topological polar surface area (TPSA) is 121 Å². The number of carbonyl (C=O) groups is 1. The maximum absolute atomic E-state index is 12.2. The summed E-state index contributed by atoms with van der Waals surface area (Å²) in [7, 11) is 1.82. The molecule has 1 unspecified atom stereocenters. The van der Waals surface area contributed by atoms with Gasteiger partial charge >= 0.3 is 12.0 Å². The van der Waals surface area contributed by atoms with Crippen molar-refractivity contribution in [3.63, 3.8) is 0 Å². The van der Waals surface area contributed by atoms with Crippen LogP contribution in [0.2, 0.25) is 5.28 Å². The molecule has 12 heteroatoms. The molecule has 1 saturated carbocycles. The Balaban J connectivity index is 1.31. The highest BCUT2D eigenvalue weighted by atomic mass is 35.5. The standard InChI is InChI=1S/C28H35ClN8O3/c1-4-14-39-24(38)15-18-8-7-13-37(16-18)22-12-11-21(30-20(22)5-2)25-23(36(3)35-34-25)17-40-28-32-26(19-9-6-10-19)31-27(29)33-28/h4,11-12,18-19H,1,5-10,13-17H2,2-3H3. The molecule has 0 radical (unpaired) electrons. The molecule has 212 valence electrons. The molecule has 2 aliphatic rings. The van der Waals surface area contributed by atoms with Crippen LogP contribution < -0.4 is 9.64 Å². The third-order valence-corrected chi connectivity index (χ3v) is 7.73. The Hall–Kier alpha value is -3.60. The first-order chi connectivity index (χ1) is 19.4. The van der Waals surface area contributed by atoms with Crippen LogP contribution in [-0.4, -0.2) is 60.6 Å². The van der Waals surface area contributed by atoms with E-state index in [1.807, 2.05) is 13.1 Å². The molecule has 4 heterocycles. The summed E-state index contributed by atoms with van der Waals surface area (Å²) in [6.07, 6.45) is 8.05. The lowest BCUT2D eigenvalue weighted by Crippen LogP contribution is -2.37. The van der Waals surface area contributed by atoms with Gasteiger partial charge in [-0.3, -0.25) is 4.79 Å². The zero-order valence-electron chi connectivity index (χ0n) is 23.1. The van der Waals surface area contributed by atoms with Crippen LogP contribution in [-0.2, 0) is 29.6 Å². The van der Waals surface area contributed by atoms with Gasteiger partial charge in [-0.25, -0.2) is 14.6 Å². The number of halogens is 1. The SMILES string of the molecule is C=CCOC(=O)CC1CCCN(c2ccc(-c3nnn(C)c3COc3nc(Cl)nc(C4CCC4)n3)nc2CC)C1. The maximum Gasteiger partial charge on any atom is 0.321 e. The summed E-state index contributed by atoms with van der Waals surface area (Å²) in [6.45, 7) is 7.82. The number of anilines is 1. The lowest BCUT2D eigenvalue weighted by Gasteiger charge is -2.35. The first-order valence-electron chi connectivity index (χ1n) is 13.9. The first kappa shape index (κ1) is 27.9. The van der Waals surface area contributed by atoms with Crippen molar-refractivity contribution in [1.29, 1.82) is 0 Å². The number of hydrogen-bond donors (Lipinski definition) is 0. The maximum atomic E-state index is 12.2. The Morgan fingerprint density at radius 2 is 2.02 bits per heavy atom. The van der Waals surface area contributed by atoms with E-state index in [0.717, 1.165) is 68.0 Å². The second-order valence-corrected chi connectivity index (χ2v) is 10.7. The molecule has 3 aromatic rings. The number of nitrogens with zero attached hydrogens (tertiary/aromatic N) is 8. The van der Waals surface area contributed by atoms with Gasteiger partial charge in [0.15, 0.2) is 0 Å². The van der Waals surface area contributed by atoms with Gasteiger partial charge in [0.1, 0.15) is 30.4 Å². The Morgan fingerprint density at radius 1 is 1.18 bits per heavy atom. The second-order valence-electron chi connectivity index (χ2n) is 10.3. The van der Waals surface area contributed by atoms with E-state index in [0.29, 0.717) is 23.9 Å². The van der Waals surface area contributed by atoms with Gasteiger partial charge in [-0.15, -0.1) is 5.10 Å². The lowest BCUT2D eigenvalue weighted by molar-refractivity contribution is -0.143. The van der Waals surface area contributed by atoms with Gasteiger partial charge in [-0.05, 0) is 61.8 Å². The van der Waals surface area contributed by atoms with Crippen molar-refractivity contribution in [1.82, 2.24) is 34.9 Å². The van der Waals surface area contributed by atoms with Crippen molar-refractivity contribution in [3.8, 4) is 17.4 Å². The normalized spacial score (nSPS) is 17.4. The zero-order chi connectivity index (χ0) is 28.1. The number of pyridine rings is 1. The van der Waals surface area contributed by atoms with Gasteiger partial charge in [-0.2, -0.15) is 9.97 Å². The van der Waals surface area contributed by atoms with E-state index in [1.54, 1.807) is 10.8 Å². The number of esters is 1. The second kappa shape index (κ2) is 12.7. The number of ether oxygens (including phenoxy) is 2. The zero-order valence-corrected chi connectivity index (χ0v) is 23.8. The first-order valence-corrected chi connectivity index (χ1v) is 14.3. The van der Waals surface area contributed by atoms with Crippen LogP contribution >= 0.6 is 11.6 Å². The molecule has 0 N–H and O–H groups in total. The third kappa shape index (κ3) is 6.41. The van der Waals surface area contributed by atoms with E-state index < -0.39 is 0 Å². The fourth-order valence-electron chi connectivity index (χ4n) is 5.20. The van der Waals surface area contributed by atoms with Crippen molar-refractivity contribution >= 4 is 23.3 Å². The van der Waals surface area contributed by atoms with E-state index in [9.17, 15) is 4.79 Å². The minimum absolute atomic E-state index is 0.133. The highest BCUT2D eigenvalue weighted by molar-refractivity contribution is 6.28. The quantitative estimate of drug-likeness (QED) is 0.243. The van der Waals surface area contributed by atoms with E-state index in [4.69, 9.17) is 26.1 Å². The molecule has 11 nitrogen and oxygen atoms in total. The molecule has 0 aromatic carbocycles. The average molecular weight is 567 g/mol. The molecule has 2 fully saturated rings. The number of carbonyl (C=O) groups excluding carboxylic acids is 1. The summed E-state index contributed by atoms with van der Waals surface area (Å²) >= 11 is 6.15. The predicted molar refractivity (Wildman–Crippen MR) is 150 cm³/mol. The van der Waals surface area contributed by atoms with Gasteiger partial charge in [0.25, 0.3) is 0 Å². The van der Waals surface area contributed by atoms with Gasteiger partial charge < -0.3 is 14.4 Å². The van der Waals surface area contributed by atoms with Gasteiger partial charge in [0.2, 0.25) is 5.28 Å². The molecule has 1 atom stereocenters. The summed E-state index contributed by atoms with van der Waals surface area (Å²) in [5.74, 6) is 1.07. The average Bonchev–Trinajstić information content (AvgIpc) is 3.29. The third-order valence-electron chi connectivity index (χ3n) is 7.56. The van der Waals surface area contributed by atoms with Crippen molar-refractivity contribution in [3.05, 3.63) is 47.3 Å². The molecule has 1 aliphatic heterocycles. The largest absolute Gasteiger partial charge is 0.461 e. The van der Waals surface area contributed by atoms with E-state index in [2.05, 4.69) is 49.7 Å². The smallest absolute Gasteiger partial charge is 0.321 e. The highest BCUT2D eigenvalue weighted by Gasteiger charge is 2.26. The molecule has 0 spiro atoms. The van der Waals surface area contributed by atoms with E-state index in [-0.39, 0.29) is 36.4 Å². The van der Waals surface area contributed by atoms with Crippen molar-refractivity contribution < 1.29 is 14.3 Å². The number of rotatable bonds is 11. The van der Waals surface area contributed by atoms with Gasteiger partial charge in [0.05, 0.1) is 23.5 Å². The highest BCUT2D eigenvalue weighted by Crippen LogP contribution is 2.35. The Labute approximate surface area is 239 Å². The van der Waals surface area contributed by atoms with Crippen molar-refractivity contribution in [2.45, 2.75) is 64.4 Å². The number of piperidine rings is 1. The number of aryl methyl sites for hydroxylation is 2. The van der Waals surface area contributed by atoms with Gasteiger partial charge in [0, 0.05) is 26.1 Å². The Morgan fingerprint density at radius 3 is 2.77 bits per heavy atom. The van der Waals surface area contributed by atoms with Crippen LogP contribution in [0.3, 0.4) is 0 Å². The number of hydrogen-bond acceptors (Lipinski definition) is 10. The van der Waals surface area contributed by atoms with E-state index in [1.165, 1.54) is 6.42 Å². The van der Waals surface area contributed by atoms with E-state index >= 15 is 0 Å². The molecule has 0 amide bonds. The van der Waals surface area contributed by atoms with Gasteiger partial charge in [-0.1, -0.05) is 31.2 Å². The molecule has 1 aliphatic carbocycles. The minimum atomic E-state index is -0.174. The van der Waals surface area contributed by atoms with Crippen LogP contribution in [0, 0.1) is 5.92 Å². The summed E-state index contributed by atoms with van der Waals surface area (Å²) in [5, 5.41) is 8.75. The Bertz CT molecular complexity index is 1360. The summed E-state index contributed by atoms with van der Waals surface area (Å²) in [6, 6.07) is 4.26. The molecule has 40 heavy (non-hydrogen) atoms. The molecular formula is C28H35ClN8O3. The fraction of sp³-hybridized carbons (Fsp3) is 0.536. The number of aromatic nitrogens is 7. The summed E-state index contributed by atoms with van der Waals surface area (Å²) in [4.78, 5) is 32.4. The molecular weight excluding hydrogens is 532 g/mol. The summed E-state index contributed by atoms with van der Waals surface area (Å²) in [5.41, 5.74) is 4.17. The van der Waals surface area contributed by atoms with Crippen molar-refractivity contribution in [2.24, 2.45) is 13.0 Å². The van der Waals surface area contributed by atoms with Crippen LogP contribution in [0.15, 0.2) is 24.8 Å². The summed E-state index contributed by atoms with van der Waals surface area (Å²) < 4.78 is 12.8. The Kier molecular flexibility index (Phi) is 8.88. The molecule has 0 bridgehead atoms. The molecule has 5 rings (SSSR count).